The lowest BCUT2D eigenvalue weighted by atomic mass is 10.1. The van der Waals surface area contributed by atoms with Crippen molar-refractivity contribution in [3.63, 3.8) is 0 Å². The molecule has 1 aromatic heterocycles. The van der Waals surface area contributed by atoms with Crippen molar-refractivity contribution >= 4 is 17.7 Å². The maximum Gasteiger partial charge on any atom is 0.270 e. The summed E-state index contributed by atoms with van der Waals surface area (Å²) in [6.45, 7) is 8.88. The molecule has 0 atom stereocenters. The van der Waals surface area contributed by atoms with Gasteiger partial charge in [-0.15, -0.1) is 0 Å². The zero-order valence-corrected chi connectivity index (χ0v) is 12.3. The molecule has 1 aromatic rings. The molecule has 0 saturated heterocycles. The summed E-state index contributed by atoms with van der Waals surface area (Å²) in [6, 6.07) is 1.73. The number of rotatable bonds is 6. The molecule has 0 spiro atoms. The first-order chi connectivity index (χ1) is 8.52. The highest BCUT2D eigenvalue weighted by molar-refractivity contribution is 7.99. The maximum atomic E-state index is 11.9. The van der Waals surface area contributed by atoms with Crippen molar-refractivity contribution in [3.05, 3.63) is 17.5 Å². The van der Waals surface area contributed by atoms with Crippen LogP contribution in [0.3, 0.4) is 0 Å². The number of nitrogens with one attached hydrogen (secondary N) is 1. The normalized spacial score (nSPS) is 10.7. The van der Waals surface area contributed by atoms with E-state index < -0.39 is 0 Å². The third kappa shape index (κ3) is 5.04. The minimum atomic E-state index is -0.112. The van der Waals surface area contributed by atoms with Crippen LogP contribution in [-0.4, -0.2) is 28.2 Å². The Labute approximate surface area is 113 Å². The first-order valence-electron chi connectivity index (χ1n) is 6.29. The van der Waals surface area contributed by atoms with E-state index in [0.29, 0.717) is 23.3 Å². The van der Waals surface area contributed by atoms with Gasteiger partial charge in [0.2, 0.25) is 0 Å². The van der Waals surface area contributed by atoms with Crippen LogP contribution in [0.1, 0.15) is 43.4 Å². The molecule has 0 unspecified atom stereocenters. The fourth-order valence-electron chi connectivity index (χ4n) is 1.42. The summed E-state index contributed by atoms with van der Waals surface area (Å²) in [5, 5.41) is 3.56. The number of thioether (sulfide) groups is 1. The topological polar surface area (TPSA) is 54.9 Å². The molecule has 4 nitrogen and oxygen atoms in total. The van der Waals surface area contributed by atoms with Crippen molar-refractivity contribution in [2.45, 2.75) is 39.3 Å². The summed E-state index contributed by atoms with van der Waals surface area (Å²) in [4.78, 5) is 20.5. The highest BCUT2D eigenvalue weighted by Crippen LogP contribution is 2.13. The minimum absolute atomic E-state index is 0.112. The zero-order valence-electron chi connectivity index (χ0n) is 11.5. The van der Waals surface area contributed by atoms with Gasteiger partial charge in [-0.2, -0.15) is 0 Å². The molecular formula is C13H21N3OS. The van der Waals surface area contributed by atoms with E-state index in [4.69, 9.17) is 0 Å². The van der Waals surface area contributed by atoms with Crippen LogP contribution in [0.5, 0.6) is 0 Å². The first kappa shape index (κ1) is 15.0. The Morgan fingerprint density at radius 2 is 2.17 bits per heavy atom. The van der Waals surface area contributed by atoms with Gasteiger partial charge in [-0.3, -0.25) is 4.79 Å². The van der Waals surface area contributed by atoms with Gasteiger partial charge in [-0.05, 0) is 31.1 Å². The Bertz CT molecular complexity index is 407. The molecule has 18 heavy (non-hydrogen) atoms. The van der Waals surface area contributed by atoms with Crippen LogP contribution in [0.25, 0.3) is 0 Å². The van der Waals surface area contributed by atoms with E-state index >= 15 is 0 Å². The Morgan fingerprint density at radius 1 is 1.44 bits per heavy atom. The van der Waals surface area contributed by atoms with Gasteiger partial charge in [0.05, 0.1) is 0 Å². The van der Waals surface area contributed by atoms with Gasteiger partial charge in [-0.25, -0.2) is 9.97 Å². The predicted octanol–water partition coefficient (Wildman–Crippen LogP) is 2.67. The third-order valence-electron chi connectivity index (χ3n) is 2.35. The molecule has 0 radical (unpaired) electrons. The van der Waals surface area contributed by atoms with Crippen molar-refractivity contribution in [2.75, 3.05) is 12.3 Å². The number of hydrogen-bond donors (Lipinski definition) is 1. The van der Waals surface area contributed by atoms with Crippen molar-refractivity contribution in [2.24, 2.45) is 5.92 Å². The molecule has 0 aliphatic rings. The fraction of sp³-hybridized carbons (Fsp3) is 0.615. The van der Waals surface area contributed by atoms with E-state index in [-0.39, 0.29) is 5.91 Å². The number of carbonyl (C=O) groups excluding carboxylic acids is 1. The van der Waals surface area contributed by atoms with Crippen LogP contribution in [0, 0.1) is 12.8 Å². The lowest BCUT2D eigenvalue weighted by Crippen LogP contribution is -2.26. The molecule has 1 heterocycles. The van der Waals surface area contributed by atoms with Gasteiger partial charge in [0, 0.05) is 12.2 Å². The molecule has 0 aromatic carbocycles. The SMILES string of the molecule is CCSc1nc(C)cc(C(=O)NCCC(C)C)n1. The van der Waals surface area contributed by atoms with Crippen molar-refractivity contribution in [1.82, 2.24) is 15.3 Å². The standard InChI is InChI=1S/C13H21N3OS/c1-5-18-13-15-10(4)8-11(16-13)12(17)14-7-6-9(2)3/h8-9H,5-7H2,1-4H3,(H,14,17). The molecule has 0 fully saturated rings. The highest BCUT2D eigenvalue weighted by Gasteiger charge is 2.10. The maximum absolute atomic E-state index is 11.9. The molecule has 1 rings (SSSR count). The Hall–Kier alpha value is -1.10. The highest BCUT2D eigenvalue weighted by atomic mass is 32.2. The molecule has 5 heteroatoms. The van der Waals surface area contributed by atoms with Gasteiger partial charge in [0.1, 0.15) is 5.69 Å². The number of aryl methyl sites for hydroxylation is 1. The second-order valence-corrected chi connectivity index (χ2v) is 5.78. The third-order valence-corrected chi connectivity index (χ3v) is 3.08. The molecule has 100 valence electrons. The van der Waals surface area contributed by atoms with E-state index in [1.165, 1.54) is 0 Å². The van der Waals surface area contributed by atoms with E-state index in [2.05, 4.69) is 29.1 Å². The van der Waals surface area contributed by atoms with Crippen molar-refractivity contribution < 1.29 is 4.79 Å². The first-order valence-corrected chi connectivity index (χ1v) is 7.28. The fourth-order valence-corrected chi connectivity index (χ4v) is 2.05. The second kappa shape index (κ2) is 7.36. The van der Waals surface area contributed by atoms with Crippen LogP contribution >= 0.6 is 11.8 Å². The van der Waals surface area contributed by atoms with Gasteiger partial charge in [-0.1, -0.05) is 32.5 Å². The number of hydrogen-bond acceptors (Lipinski definition) is 4. The second-order valence-electron chi connectivity index (χ2n) is 4.55. The van der Waals surface area contributed by atoms with E-state index in [9.17, 15) is 4.79 Å². The van der Waals surface area contributed by atoms with Crippen LogP contribution in [0.4, 0.5) is 0 Å². The molecule has 0 bridgehead atoms. The number of aromatic nitrogens is 2. The molecule has 0 aliphatic carbocycles. The number of nitrogens with zero attached hydrogens (tertiary/aromatic N) is 2. The van der Waals surface area contributed by atoms with Crippen LogP contribution in [0.15, 0.2) is 11.2 Å². The summed E-state index contributed by atoms with van der Waals surface area (Å²) >= 11 is 1.55. The zero-order chi connectivity index (χ0) is 13.5. The smallest absolute Gasteiger partial charge is 0.270 e. The van der Waals surface area contributed by atoms with Crippen molar-refractivity contribution in [3.8, 4) is 0 Å². The van der Waals surface area contributed by atoms with Gasteiger partial charge in [0.25, 0.3) is 5.91 Å². The van der Waals surface area contributed by atoms with E-state index in [0.717, 1.165) is 17.9 Å². The molecule has 0 saturated carbocycles. The van der Waals surface area contributed by atoms with E-state index in [1.807, 2.05) is 13.8 Å². The average Bonchev–Trinajstić information content (AvgIpc) is 2.28. The lowest BCUT2D eigenvalue weighted by molar-refractivity contribution is 0.0946. The summed E-state index contributed by atoms with van der Waals surface area (Å²) in [6.07, 6.45) is 0.979. The lowest BCUT2D eigenvalue weighted by Gasteiger charge is -2.08. The summed E-state index contributed by atoms with van der Waals surface area (Å²) in [5.74, 6) is 1.38. The van der Waals surface area contributed by atoms with Crippen LogP contribution in [0.2, 0.25) is 0 Å². The van der Waals surface area contributed by atoms with Crippen LogP contribution < -0.4 is 5.32 Å². The molecule has 1 N–H and O–H groups in total. The minimum Gasteiger partial charge on any atom is -0.351 e. The molecular weight excluding hydrogens is 246 g/mol. The summed E-state index contributed by atoms with van der Waals surface area (Å²) in [7, 11) is 0. The van der Waals surface area contributed by atoms with E-state index in [1.54, 1.807) is 17.8 Å². The molecule has 0 aliphatic heterocycles. The quantitative estimate of drug-likeness (QED) is 0.636. The Morgan fingerprint density at radius 3 is 2.78 bits per heavy atom. The van der Waals surface area contributed by atoms with Gasteiger partial charge < -0.3 is 5.32 Å². The molecule has 1 amide bonds. The van der Waals surface area contributed by atoms with Crippen LogP contribution in [-0.2, 0) is 0 Å². The Kier molecular flexibility index (Phi) is 6.12. The number of carbonyl (C=O) groups is 1. The monoisotopic (exact) mass is 267 g/mol. The average molecular weight is 267 g/mol. The van der Waals surface area contributed by atoms with Crippen molar-refractivity contribution in [1.29, 1.82) is 0 Å². The predicted molar refractivity (Wildman–Crippen MR) is 75.0 cm³/mol. The number of amides is 1. The van der Waals surface area contributed by atoms with Gasteiger partial charge >= 0.3 is 0 Å². The largest absolute Gasteiger partial charge is 0.351 e. The van der Waals surface area contributed by atoms with Gasteiger partial charge in [0.15, 0.2) is 5.16 Å². The summed E-state index contributed by atoms with van der Waals surface area (Å²) < 4.78 is 0. The summed E-state index contributed by atoms with van der Waals surface area (Å²) in [5.41, 5.74) is 1.29. The Balaban J connectivity index is 2.66.